The lowest BCUT2D eigenvalue weighted by Gasteiger charge is -2.29. The molecule has 3 aromatic heterocycles. The summed E-state index contributed by atoms with van der Waals surface area (Å²) in [5.41, 5.74) is 3.96. The van der Waals surface area contributed by atoms with Crippen molar-refractivity contribution in [3.63, 3.8) is 0 Å². The number of benzene rings is 1. The van der Waals surface area contributed by atoms with Crippen molar-refractivity contribution in [1.29, 1.82) is 0 Å². The summed E-state index contributed by atoms with van der Waals surface area (Å²) in [5, 5.41) is 3.95. The third-order valence-corrected chi connectivity index (χ3v) is 7.00. The summed E-state index contributed by atoms with van der Waals surface area (Å²) >= 11 is 5.84. The quantitative estimate of drug-likeness (QED) is 0.329. The van der Waals surface area contributed by atoms with E-state index < -0.39 is 10.0 Å². The van der Waals surface area contributed by atoms with Crippen LogP contribution in [0, 0.1) is 0 Å². The van der Waals surface area contributed by atoms with Gasteiger partial charge in [-0.2, -0.15) is 0 Å². The largest absolute Gasteiger partial charge is 0.495 e. The number of rotatable bonds is 8. The Bertz CT molecular complexity index is 1510. The molecule has 9 nitrogen and oxygen atoms in total. The number of methoxy groups -OCH3 is 1. The second-order valence-corrected chi connectivity index (χ2v) is 10.8. The van der Waals surface area contributed by atoms with Crippen molar-refractivity contribution in [2.45, 2.75) is 18.6 Å². The van der Waals surface area contributed by atoms with Crippen LogP contribution in [0.1, 0.15) is 29.0 Å². The minimum atomic E-state index is -3.53. The third-order valence-electron chi connectivity index (χ3n) is 6.10. The van der Waals surface area contributed by atoms with Gasteiger partial charge in [0.2, 0.25) is 10.0 Å². The molecule has 1 fully saturated rings. The minimum absolute atomic E-state index is 0.246. The van der Waals surface area contributed by atoms with Crippen molar-refractivity contribution in [2.24, 2.45) is 0 Å². The maximum absolute atomic E-state index is 12.0. The molecular formula is C26H26N6O3S2. The lowest BCUT2D eigenvalue weighted by atomic mass is 10.0. The van der Waals surface area contributed by atoms with E-state index in [0.29, 0.717) is 28.8 Å². The van der Waals surface area contributed by atoms with Gasteiger partial charge in [0.25, 0.3) is 0 Å². The van der Waals surface area contributed by atoms with Gasteiger partial charge in [-0.25, -0.2) is 8.42 Å². The van der Waals surface area contributed by atoms with Gasteiger partial charge in [0, 0.05) is 42.7 Å². The molecule has 4 aromatic rings. The molecule has 0 spiro atoms. The molecule has 190 valence electrons. The fraction of sp³-hybridized carbons (Fsp3) is 0.192. The first-order chi connectivity index (χ1) is 17.8. The van der Waals surface area contributed by atoms with Gasteiger partial charge in [-0.1, -0.05) is 12.1 Å². The number of nitrogens with one attached hydrogen (secondary N) is 2. The van der Waals surface area contributed by atoms with Crippen LogP contribution in [0.2, 0.25) is 0 Å². The van der Waals surface area contributed by atoms with Gasteiger partial charge in [0.15, 0.2) is 5.11 Å². The molecular weight excluding hydrogens is 508 g/mol. The molecule has 2 N–H and O–H groups in total. The summed E-state index contributed by atoms with van der Waals surface area (Å²) in [7, 11) is -2.04. The molecule has 0 aliphatic carbocycles. The zero-order chi connectivity index (χ0) is 26.0. The van der Waals surface area contributed by atoms with E-state index in [1.54, 1.807) is 24.5 Å². The summed E-state index contributed by atoms with van der Waals surface area (Å²) < 4.78 is 34.2. The first-order valence-electron chi connectivity index (χ1n) is 11.5. The molecule has 1 aliphatic rings. The highest BCUT2D eigenvalue weighted by atomic mass is 32.2. The predicted molar refractivity (Wildman–Crippen MR) is 147 cm³/mol. The highest BCUT2D eigenvalue weighted by Gasteiger charge is 2.42. The monoisotopic (exact) mass is 534 g/mol. The van der Waals surface area contributed by atoms with Crippen LogP contribution in [0.25, 0.3) is 0 Å². The predicted octanol–water partition coefficient (Wildman–Crippen LogP) is 3.88. The molecule has 2 atom stereocenters. The summed E-state index contributed by atoms with van der Waals surface area (Å²) in [6, 6.07) is 18.6. The number of hydrogen-bond acceptors (Lipinski definition) is 6. The molecule has 4 heterocycles. The fourth-order valence-corrected chi connectivity index (χ4v) is 5.49. The Hall–Kier alpha value is -3.96. The number of sulfonamides is 1. The van der Waals surface area contributed by atoms with Crippen LogP contribution >= 0.6 is 12.2 Å². The number of pyridine rings is 2. The molecule has 37 heavy (non-hydrogen) atoms. The van der Waals surface area contributed by atoms with Crippen LogP contribution in [0.4, 0.5) is 11.4 Å². The van der Waals surface area contributed by atoms with Crippen LogP contribution in [0.5, 0.6) is 5.75 Å². The zero-order valence-corrected chi connectivity index (χ0v) is 21.9. The number of ether oxygens (including phenoxy) is 1. The molecule has 0 unspecified atom stereocenters. The van der Waals surface area contributed by atoms with Crippen molar-refractivity contribution in [3.8, 4) is 5.75 Å². The maximum Gasteiger partial charge on any atom is 0.229 e. The number of hydrogen-bond donors (Lipinski definition) is 2. The second kappa shape index (κ2) is 10.2. The van der Waals surface area contributed by atoms with Crippen LogP contribution in [0.3, 0.4) is 0 Å². The standard InChI is InChI=1S/C26H26N6O3S2/c1-35-23-11-10-19(15-21(23)30-37(2,33)34)32-25(24(29-26(32)36)20-8-3-4-13-28-20)22-9-6-14-31(22)17-18-7-5-12-27-16-18/h3-16,24-25,30H,17H2,1-2H3,(H,29,36)/t24-,25-/m1/s1. The molecule has 1 aromatic carbocycles. The van der Waals surface area contributed by atoms with Crippen molar-refractivity contribution in [2.75, 3.05) is 23.0 Å². The van der Waals surface area contributed by atoms with Gasteiger partial charge in [0.05, 0.1) is 30.8 Å². The number of thiocarbonyl (C=S) groups is 1. The molecule has 1 saturated heterocycles. The van der Waals surface area contributed by atoms with Crippen molar-refractivity contribution < 1.29 is 13.2 Å². The Morgan fingerprint density at radius 1 is 1.11 bits per heavy atom. The van der Waals surface area contributed by atoms with E-state index in [-0.39, 0.29) is 12.1 Å². The summed E-state index contributed by atoms with van der Waals surface area (Å²) in [4.78, 5) is 10.9. The molecule has 5 rings (SSSR count). The third kappa shape index (κ3) is 5.27. The van der Waals surface area contributed by atoms with E-state index in [0.717, 1.165) is 23.2 Å². The highest BCUT2D eigenvalue weighted by molar-refractivity contribution is 7.92. The topological polar surface area (TPSA) is 101 Å². The van der Waals surface area contributed by atoms with Crippen LogP contribution < -0.4 is 19.7 Å². The van der Waals surface area contributed by atoms with Gasteiger partial charge in [-0.05, 0) is 66.3 Å². The number of anilines is 2. The Morgan fingerprint density at radius 2 is 1.97 bits per heavy atom. The maximum atomic E-state index is 12.0. The highest BCUT2D eigenvalue weighted by Crippen LogP contribution is 2.43. The molecule has 1 aliphatic heterocycles. The lowest BCUT2D eigenvalue weighted by molar-refractivity contribution is 0.417. The van der Waals surface area contributed by atoms with E-state index in [9.17, 15) is 8.42 Å². The van der Waals surface area contributed by atoms with Crippen molar-refractivity contribution in [3.05, 3.63) is 102 Å². The SMILES string of the molecule is COc1ccc(N2C(=S)N[C@H](c3ccccn3)[C@H]2c2cccn2Cc2cccnc2)cc1NS(C)(=O)=O. The van der Waals surface area contributed by atoms with E-state index in [2.05, 4.69) is 30.6 Å². The first kappa shape index (κ1) is 24.7. The summed E-state index contributed by atoms with van der Waals surface area (Å²) in [6.07, 6.45) is 8.50. The summed E-state index contributed by atoms with van der Waals surface area (Å²) in [5.74, 6) is 0.407. The zero-order valence-electron chi connectivity index (χ0n) is 20.3. The van der Waals surface area contributed by atoms with Crippen LogP contribution in [-0.4, -0.2) is 41.4 Å². The lowest BCUT2D eigenvalue weighted by Crippen LogP contribution is -2.30. The fourth-order valence-electron chi connectivity index (χ4n) is 4.59. The molecule has 0 radical (unpaired) electrons. The minimum Gasteiger partial charge on any atom is -0.495 e. The van der Waals surface area contributed by atoms with E-state index in [1.807, 2.05) is 59.8 Å². The van der Waals surface area contributed by atoms with Gasteiger partial charge in [0.1, 0.15) is 11.8 Å². The molecule has 0 bridgehead atoms. The van der Waals surface area contributed by atoms with Crippen molar-refractivity contribution >= 4 is 38.7 Å². The van der Waals surface area contributed by atoms with Gasteiger partial charge in [-0.15, -0.1) is 0 Å². The average Bonchev–Trinajstić information content (AvgIpc) is 3.47. The Morgan fingerprint density at radius 3 is 2.68 bits per heavy atom. The second-order valence-electron chi connectivity index (χ2n) is 8.68. The van der Waals surface area contributed by atoms with E-state index in [4.69, 9.17) is 17.0 Å². The molecule has 11 heteroatoms. The van der Waals surface area contributed by atoms with Gasteiger partial charge < -0.3 is 19.5 Å². The normalized spacial score (nSPS) is 17.5. The van der Waals surface area contributed by atoms with Crippen LogP contribution in [-0.2, 0) is 16.6 Å². The Balaban J connectivity index is 1.62. The average molecular weight is 535 g/mol. The molecule has 0 saturated carbocycles. The van der Waals surface area contributed by atoms with Gasteiger partial charge >= 0.3 is 0 Å². The first-order valence-corrected chi connectivity index (χ1v) is 13.8. The Labute approximate surface area is 221 Å². The van der Waals surface area contributed by atoms with Gasteiger partial charge in [-0.3, -0.25) is 14.7 Å². The number of nitrogens with zero attached hydrogens (tertiary/aromatic N) is 4. The van der Waals surface area contributed by atoms with E-state index in [1.165, 1.54) is 7.11 Å². The van der Waals surface area contributed by atoms with Crippen molar-refractivity contribution in [1.82, 2.24) is 19.9 Å². The molecule has 0 amide bonds. The number of aromatic nitrogens is 3. The van der Waals surface area contributed by atoms with Crippen LogP contribution in [0.15, 0.2) is 85.5 Å². The summed E-state index contributed by atoms with van der Waals surface area (Å²) in [6.45, 7) is 0.631. The smallest absolute Gasteiger partial charge is 0.229 e. The Kier molecular flexibility index (Phi) is 6.81. The van der Waals surface area contributed by atoms with E-state index >= 15 is 0 Å².